The molecule has 1 aromatic heterocycles. The molecule has 0 amide bonds. The highest BCUT2D eigenvalue weighted by atomic mass is 32.2. The number of aryl methyl sites for hydroxylation is 1. The second-order valence-electron chi connectivity index (χ2n) is 5.28. The summed E-state index contributed by atoms with van der Waals surface area (Å²) < 4.78 is 23.2. The molecule has 0 aliphatic heterocycles. The molecule has 1 saturated carbocycles. The third-order valence-corrected chi connectivity index (χ3v) is 6.32. The van der Waals surface area contributed by atoms with Crippen LogP contribution in [-0.2, 0) is 16.4 Å². The summed E-state index contributed by atoms with van der Waals surface area (Å²) in [5.41, 5.74) is 2.66. The lowest BCUT2D eigenvalue weighted by Gasteiger charge is -2.28. The van der Waals surface area contributed by atoms with Gasteiger partial charge in [-0.1, -0.05) is 6.42 Å². The van der Waals surface area contributed by atoms with Crippen molar-refractivity contribution < 1.29 is 8.42 Å². The molecule has 2 rings (SSSR count). The molecule has 2 atom stereocenters. The molecule has 0 aromatic carbocycles. The highest BCUT2D eigenvalue weighted by Gasteiger charge is 2.28. The third-order valence-electron chi connectivity index (χ3n) is 3.77. The number of hydrogen-bond donors (Lipinski definition) is 1. The van der Waals surface area contributed by atoms with Gasteiger partial charge in [0.25, 0.3) is 0 Å². The molecule has 1 fully saturated rings. The second-order valence-corrected chi connectivity index (χ2v) is 8.35. The van der Waals surface area contributed by atoms with Crippen LogP contribution in [0.1, 0.15) is 36.8 Å². The minimum Gasteiger partial charge on any atom is -0.310 e. The van der Waals surface area contributed by atoms with Gasteiger partial charge >= 0.3 is 0 Å². The molecule has 1 aliphatic carbocycles. The van der Waals surface area contributed by atoms with Gasteiger partial charge in [-0.05, 0) is 48.1 Å². The third kappa shape index (κ3) is 3.56. The predicted molar refractivity (Wildman–Crippen MR) is 76.8 cm³/mol. The van der Waals surface area contributed by atoms with Crippen LogP contribution in [-0.4, -0.2) is 26.0 Å². The Labute approximate surface area is 114 Å². The van der Waals surface area contributed by atoms with E-state index in [-0.39, 0.29) is 5.25 Å². The normalized spacial score (nSPS) is 25.2. The summed E-state index contributed by atoms with van der Waals surface area (Å²) in [7, 11) is -2.88. The molecular formula is C13H21NO2S2. The van der Waals surface area contributed by atoms with E-state index in [4.69, 9.17) is 0 Å². The van der Waals surface area contributed by atoms with Crippen LogP contribution in [0.25, 0.3) is 0 Å². The van der Waals surface area contributed by atoms with Gasteiger partial charge in [0.2, 0.25) is 0 Å². The van der Waals surface area contributed by atoms with E-state index in [2.05, 4.69) is 23.0 Å². The highest BCUT2D eigenvalue weighted by molar-refractivity contribution is 7.91. The van der Waals surface area contributed by atoms with Crippen molar-refractivity contribution in [3.63, 3.8) is 0 Å². The first-order valence-corrected chi connectivity index (χ1v) is 9.30. The summed E-state index contributed by atoms with van der Waals surface area (Å²) in [6.45, 7) is 2.98. The molecule has 1 aliphatic rings. The fraction of sp³-hybridized carbons (Fsp3) is 0.692. The van der Waals surface area contributed by atoms with Crippen molar-refractivity contribution in [3.8, 4) is 0 Å². The first kappa shape index (κ1) is 14.0. The molecule has 0 saturated heterocycles. The number of sulfone groups is 1. The maximum Gasteiger partial charge on any atom is 0.150 e. The number of hydrogen-bond acceptors (Lipinski definition) is 4. The lowest BCUT2D eigenvalue weighted by molar-refractivity contribution is 0.371. The zero-order chi connectivity index (χ0) is 13.2. The number of thiophene rings is 1. The van der Waals surface area contributed by atoms with Crippen LogP contribution < -0.4 is 5.32 Å². The van der Waals surface area contributed by atoms with Crippen LogP contribution in [0.3, 0.4) is 0 Å². The van der Waals surface area contributed by atoms with Crippen molar-refractivity contribution in [2.24, 2.45) is 0 Å². The molecule has 2 unspecified atom stereocenters. The Kier molecular flexibility index (Phi) is 4.45. The SMILES string of the molecule is Cc1cscc1CNC1CCCC(S(C)(=O)=O)C1. The quantitative estimate of drug-likeness (QED) is 0.925. The van der Waals surface area contributed by atoms with Crippen LogP contribution in [0, 0.1) is 6.92 Å². The lowest BCUT2D eigenvalue weighted by Crippen LogP contribution is -2.38. The first-order valence-electron chi connectivity index (χ1n) is 6.40. The van der Waals surface area contributed by atoms with Gasteiger partial charge in [-0.25, -0.2) is 8.42 Å². The molecule has 1 N–H and O–H groups in total. The fourth-order valence-corrected chi connectivity index (χ4v) is 4.58. The van der Waals surface area contributed by atoms with Crippen molar-refractivity contribution in [1.82, 2.24) is 5.32 Å². The van der Waals surface area contributed by atoms with Gasteiger partial charge in [0.1, 0.15) is 9.84 Å². The zero-order valence-corrected chi connectivity index (χ0v) is 12.6. The van der Waals surface area contributed by atoms with Crippen molar-refractivity contribution in [2.75, 3.05) is 6.26 Å². The molecule has 0 spiro atoms. The van der Waals surface area contributed by atoms with E-state index < -0.39 is 9.84 Å². The Morgan fingerprint density at radius 3 is 2.78 bits per heavy atom. The Bertz CT molecular complexity index is 493. The summed E-state index contributed by atoms with van der Waals surface area (Å²) in [5, 5.41) is 7.68. The first-order chi connectivity index (χ1) is 8.47. The van der Waals surface area contributed by atoms with Gasteiger partial charge in [-0.15, -0.1) is 0 Å². The van der Waals surface area contributed by atoms with Crippen LogP contribution in [0.4, 0.5) is 0 Å². The molecule has 1 heterocycles. The van der Waals surface area contributed by atoms with Crippen molar-refractivity contribution >= 4 is 21.2 Å². The molecule has 5 heteroatoms. The molecule has 1 aromatic rings. The molecular weight excluding hydrogens is 266 g/mol. The zero-order valence-electron chi connectivity index (χ0n) is 11.0. The largest absolute Gasteiger partial charge is 0.310 e. The Morgan fingerprint density at radius 1 is 1.39 bits per heavy atom. The van der Waals surface area contributed by atoms with Gasteiger partial charge in [-0.3, -0.25) is 0 Å². The van der Waals surface area contributed by atoms with E-state index in [1.165, 1.54) is 17.4 Å². The maximum atomic E-state index is 11.6. The van der Waals surface area contributed by atoms with Crippen molar-refractivity contribution in [1.29, 1.82) is 0 Å². The summed E-state index contributed by atoms with van der Waals surface area (Å²) >= 11 is 1.72. The van der Waals surface area contributed by atoms with E-state index in [1.807, 2.05) is 0 Å². The summed E-state index contributed by atoms with van der Waals surface area (Å²) in [4.78, 5) is 0. The van der Waals surface area contributed by atoms with Crippen molar-refractivity contribution in [3.05, 3.63) is 21.9 Å². The van der Waals surface area contributed by atoms with Gasteiger partial charge in [0.15, 0.2) is 0 Å². The monoisotopic (exact) mass is 287 g/mol. The van der Waals surface area contributed by atoms with E-state index in [9.17, 15) is 8.42 Å². The molecule has 18 heavy (non-hydrogen) atoms. The van der Waals surface area contributed by atoms with E-state index in [0.29, 0.717) is 6.04 Å². The summed E-state index contributed by atoms with van der Waals surface area (Å²) in [5.74, 6) is 0. The average Bonchev–Trinajstić information content (AvgIpc) is 2.72. The van der Waals surface area contributed by atoms with Gasteiger partial charge in [-0.2, -0.15) is 11.3 Å². The molecule has 0 bridgehead atoms. The fourth-order valence-electron chi connectivity index (χ4n) is 2.54. The number of nitrogens with one attached hydrogen (secondary N) is 1. The molecule has 102 valence electrons. The Morgan fingerprint density at radius 2 is 2.17 bits per heavy atom. The minimum absolute atomic E-state index is 0.146. The van der Waals surface area contributed by atoms with E-state index in [0.717, 1.165) is 32.2 Å². The lowest BCUT2D eigenvalue weighted by atomic mass is 9.95. The van der Waals surface area contributed by atoms with Crippen LogP contribution in [0.5, 0.6) is 0 Å². The molecule has 0 radical (unpaired) electrons. The van der Waals surface area contributed by atoms with Crippen LogP contribution in [0.2, 0.25) is 0 Å². The smallest absolute Gasteiger partial charge is 0.150 e. The maximum absolute atomic E-state index is 11.6. The minimum atomic E-state index is -2.88. The molecule has 3 nitrogen and oxygen atoms in total. The average molecular weight is 287 g/mol. The van der Waals surface area contributed by atoms with Crippen LogP contribution in [0.15, 0.2) is 10.8 Å². The Hall–Kier alpha value is -0.390. The topological polar surface area (TPSA) is 46.2 Å². The Balaban J connectivity index is 1.89. The van der Waals surface area contributed by atoms with Crippen molar-refractivity contribution in [2.45, 2.75) is 50.4 Å². The standard InChI is InChI=1S/C13H21NO2S2/c1-10-8-17-9-11(10)7-14-12-4-3-5-13(6-12)18(2,15)16/h8-9,12-14H,3-7H2,1-2H3. The van der Waals surface area contributed by atoms with Gasteiger partial charge in [0.05, 0.1) is 5.25 Å². The van der Waals surface area contributed by atoms with E-state index in [1.54, 1.807) is 11.3 Å². The van der Waals surface area contributed by atoms with Gasteiger partial charge in [0, 0.05) is 18.8 Å². The summed E-state index contributed by atoms with van der Waals surface area (Å²) in [6.07, 6.45) is 5.06. The van der Waals surface area contributed by atoms with Gasteiger partial charge < -0.3 is 5.32 Å². The number of rotatable bonds is 4. The highest BCUT2D eigenvalue weighted by Crippen LogP contribution is 2.24. The van der Waals surface area contributed by atoms with Crippen LogP contribution >= 0.6 is 11.3 Å². The van der Waals surface area contributed by atoms with E-state index >= 15 is 0 Å². The predicted octanol–water partition coefficient (Wildman–Crippen LogP) is 2.50. The second kappa shape index (κ2) is 5.72. The summed E-state index contributed by atoms with van der Waals surface area (Å²) in [6, 6.07) is 0.345.